The molecule has 0 unspecified atom stereocenters. The van der Waals surface area contributed by atoms with Crippen molar-refractivity contribution in [2.75, 3.05) is 0 Å². The number of pyridine rings is 1. The topological polar surface area (TPSA) is 12.9 Å². The fourth-order valence-electron chi connectivity index (χ4n) is 1.27. The smallest absolute Gasteiger partial charge is 0.0889 e. The number of hydrogen-bond donors (Lipinski definition) is 0. The van der Waals surface area contributed by atoms with Gasteiger partial charge < -0.3 is 0 Å². The normalized spacial score (nSPS) is 18.4. The fourth-order valence-corrected chi connectivity index (χ4v) is 1.27. The van der Waals surface area contributed by atoms with Crippen LogP contribution in [0.2, 0.25) is 0 Å². The van der Waals surface area contributed by atoms with E-state index in [-0.39, 0.29) is 0 Å². The van der Waals surface area contributed by atoms with Gasteiger partial charge in [-0.3, -0.25) is 4.98 Å². The van der Waals surface area contributed by atoms with Gasteiger partial charge in [0, 0.05) is 11.6 Å². The van der Waals surface area contributed by atoms with Crippen LogP contribution in [0.5, 0.6) is 0 Å². The van der Waals surface area contributed by atoms with E-state index in [0.29, 0.717) is 0 Å². The van der Waals surface area contributed by atoms with E-state index in [0.717, 1.165) is 5.92 Å². The molecular weight excluding hydrogens is 122 g/mol. The summed E-state index contributed by atoms with van der Waals surface area (Å²) in [7, 11) is 0. The van der Waals surface area contributed by atoms with Crippen LogP contribution in [0.3, 0.4) is 0 Å². The SMILES string of the molecule is [c]1cccc(C2CCC2)n1. The van der Waals surface area contributed by atoms with Gasteiger partial charge in [-0.2, -0.15) is 0 Å². The zero-order valence-electron chi connectivity index (χ0n) is 5.88. The van der Waals surface area contributed by atoms with E-state index >= 15 is 0 Å². The largest absolute Gasteiger partial charge is 0.251 e. The van der Waals surface area contributed by atoms with Crippen molar-refractivity contribution in [1.82, 2.24) is 4.98 Å². The molecule has 0 amide bonds. The Morgan fingerprint density at radius 1 is 1.50 bits per heavy atom. The summed E-state index contributed by atoms with van der Waals surface area (Å²) in [6, 6.07) is 5.96. The van der Waals surface area contributed by atoms with Crippen molar-refractivity contribution in [1.29, 1.82) is 0 Å². The number of nitrogens with zero attached hydrogens (tertiary/aromatic N) is 1. The van der Waals surface area contributed by atoms with Crippen molar-refractivity contribution in [2.45, 2.75) is 25.2 Å². The van der Waals surface area contributed by atoms with Crippen molar-refractivity contribution in [3.05, 3.63) is 30.1 Å². The minimum Gasteiger partial charge on any atom is -0.251 e. The molecule has 1 aliphatic carbocycles. The standard InChI is InChI=1S/C9H10N/c1-2-7-10-9(6-1)8-4-3-5-8/h1-2,6,8H,3-5H2. The molecule has 0 aromatic carbocycles. The van der Waals surface area contributed by atoms with Gasteiger partial charge >= 0.3 is 0 Å². The Labute approximate surface area is 61.1 Å². The molecule has 1 heterocycles. The highest BCUT2D eigenvalue weighted by Gasteiger charge is 2.19. The molecule has 1 aromatic rings. The van der Waals surface area contributed by atoms with Crippen molar-refractivity contribution < 1.29 is 0 Å². The summed E-state index contributed by atoms with van der Waals surface area (Å²) in [5, 5.41) is 0. The Hall–Kier alpha value is -0.850. The molecule has 1 aromatic heterocycles. The van der Waals surface area contributed by atoms with Gasteiger partial charge in [-0.25, -0.2) is 0 Å². The fraction of sp³-hybridized carbons (Fsp3) is 0.444. The first-order chi connectivity index (χ1) is 4.97. The van der Waals surface area contributed by atoms with Crippen LogP contribution in [0.25, 0.3) is 0 Å². The van der Waals surface area contributed by atoms with Crippen LogP contribution in [-0.4, -0.2) is 4.98 Å². The van der Waals surface area contributed by atoms with Crippen LogP contribution in [-0.2, 0) is 0 Å². The predicted octanol–water partition coefficient (Wildman–Crippen LogP) is 2.15. The maximum atomic E-state index is 4.18. The van der Waals surface area contributed by atoms with E-state index in [9.17, 15) is 0 Å². The zero-order chi connectivity index (χ0) is 6.81. The summed E-state index contributed by atoms with van der Waals surface area (Å²) in [4.78, 5) is 4.18. The van der Waals surface area contributed by atoms with Crippen LogP contribution < -0.4 is 0 Å². The zero-order valence-corrected chi connectivity index (χ0v) is 5.88. The Kier molecular flexibility index (Phi) is 1.42. The highest BCUT2D eigenvalue weighted by atomic mass is 14.7. The van der Waals surface area contributed by atoms with Gasteiger partial charge in [-0.1, -0.05) is 12.5 Å². The molecule has 10 heavy (non-hydrogen) atoms. The monoisotopic (exact) mass is 132 g/mol. The van der Waals surface area contributed by atoms with Crippen LogP contribution in [0, 0.1) is 6.20 Å². The molecule has 1 heteroatoms. The number of aromatic nitrogens is 1. The second kappa shape index (κ2) is 2.41. The van der Waals surface area contributed by atoms with Crippen LogP contribution in [0.1, 0.15) is 30.9 Å². The molecule has 1 aliphatic rings. The first-order valence-corrected chi connectivity index (χ1v) is 3.80. The first kappa shape index (κ1) is 5.90. The second-order valence-electron chi connectivity index (χ2n) is 2.82. The van der Waals surface area contributed by atoms with Crippen molar-refractivity contribution in [3.8, 4) is 0 Å². The molecule has 1 radical (unpaired) electrons. The van der Waals surface area contributed by atoms with Crippen molar-refractivity contribution in [3.63, 3.8) is 0 Å². The van der Waals surface area contributed by atoms with Crippen molar-refractivity contribution >= 4 is 0 Å². The molecule has 0 bridgehead atoms. The van der Waals surface area contributed by atoms with Gasteiger partial charge in [0.1, 0.15) is 0 Å². The third-order valence-corrected chi connectivity index (χ3v) is 2.15. The maximum Gasteiger partial charge on any atom is 0.0889 e. The van der Waals surface area contributed by atoms with Crippen molar-refractivity contribution in [2.24, 2.45) is 0 Å². The highest BCUT2D eigenvalue weighted by molar-refractivity contribution is 5.10. The number of rotatable bonds is 1. The minimum absolute atomic E-state index is 0.748. The molecule has 0 atom stereocenters. The summed E-state index contributed by atoms with van der Waals surface area (Å²) < 4.78 is 0. The summed E-state index contributed by atoms with van der Waals surface area (Å²) in [6.07, 6.45) is 6.88. The van der Waals surface area contributed by atoms with Gasteiger partial charge in [0.2, 0.25) is 0 Å². The molecule has 51 valence electrons. The third-order valence-electron chi connectivity index (χ3n) is 2.15. The molecule has 0 N–H and O–H groups in total. The Balaban J connectivity index is 2.18. The average molecular weight is 132 g/mol. The average Bonchev–Trinajstić information content (AvgIpc) is 1.86. The van der Waals surface area contributed by atoms with E-state index in [4.69, 9.17) is 0 Å². The van der Waals surface area contributed by atoms with Crippen LogP contribution in [0.15, 0.2) is 18.2 Å². The van der Waals surface area contributed by atoms with Gasteiger partial charge in [0.05, 0.1) is 6.20 Å². The van der Waals surface area contributed by atoms with E-state index in [1.54, 1.807) is 0 Å². The lowest BCUT2D eigenvalue weighted by molar-refractivity contribution is 0.411. The van der Waals surface area contributed by atoms with Crippen LogP contribution >= 0.6 is 0 Å². The summed E-state index contributed by atoms with van der Waals surface area (Å²) in [5.41, 5.74) is 1.23. The lowest BCUT2D eigenvalue weighted by atomic mass is 9.83. The molecule has 0 aliphatic heterocycles. The molecule has 0 spiro atoms. The molecular formula is C9H10N. The first-order valence-electron chi connectivity index (χ1n) is 3.80. The van der Waals surface area contributed by atoms with E-state index in [1.165, 1.54) is 25.0 Å². The summed E-state index contributed by atoms with van der Waals surface area (Å²) in [5.74, 6) is 0.748. The van der Waals surface area contributed by atoms with E-state index in [2.05, 4.69) is 17.2 Å². The predicted molar refractivity (Wildman–Crippen MR) is 39.7 cm³/mol. The maximum absolute atomic E-state index is 4.18. The van der Waals surface area contributed by atoms with Crippen LogP contribution in [0.4, 0.5) is 0 Å². The lowest BCUT2D eigenvalue weighted by Crippen LogP contribution is -2.09. The minimum atomic E-state index is 0.748. The quantitative estimate of drug-likeness (QED) is 0.570. The second-order valence-corrected chi connectivity index (χ2v) is 2.82. The third kappa shape index (κ3) is 0.919. The lowest BCUT2D eigenvalue weighted by Gasteiger charge is -2.24. The molecule has 2 rings (SSSR count). The number of hydrogen-bond acceptors (Lipinski definition) is 1. The van der Waals surface area contributed by atoms with E-state index in [1.807, 2.05) is 12.1 Å². The summed E-state index contributed by atoms with van der Waals surface area (Å²) in [6.45, 7) is 0. The van der Waals surface area contributed by atoms with Gasteiger partial charge in [-0.05, 0) is 25.0 Å². The highest BCUT2D eigenvalue weighted by Crippen LogP contribution is 2.34. The Morgan fingerprint density at radius 2 is 2.40 bits per heavy atom. The molecule has 1 nitrogen and oxygen atoms in total. The molecule has 1 fully saturated rings. The molecule has 1 saturated carbocycles. The molecule has 0 saturated heterocycles. The van der Waals surface area contributed by atoms with Gasteiger partial charge in [0.25, 0.3) is 0 Å². The summed E-state index contributed by atoms with van der Waals surface area (Å²) >= 11 is 0. The Morgan fingerprint density at radius 3 is 2.90 bits per heavy atom. The van der Waals surface area contributed by atoms with Gasteiger partial charge in [0.15, 0.2) is 0 Å². The van der Waals surface area contributed by atoms with Gasteiger partial charge in [-0.15, -0.1) is 0 Å². The van der Waals surface area contributed by atoms with E-state index < -0.39 is 0 Å². The Bertz CT molecular complexity index is 201.